The minimum absolute atomic E-state index is 0.672. The molecule has 1 N–H and O–H groups in total. The van der Waals surface area contributed by atoms with Crippen LogP contribution in [0.4, 0.5) is 0 Å². The fraction of sp³-hybridized carbons (Fsp3) is 0.700. The Hall–Kier alpha value is -0.870. The fourth-order valence-corrected chi connectivity index (χ4v) is 1.72. The lowest BCUT2D eigenvalue weighted by molar-refractivity contribution is 0.131. The third-order valence-corrected chi connectivity index (χ3v) is 2.72. The van der Waals surface area contributed by atoms with Crippen molar-refractivity contribution >= 4 is 0 Å². The van der Waals surface area contributed by atoms with Crippen molar-refractivity contribution in [1.82, 2.24) is 15.4 Å². The average Bonchev–Trinajstić information content (AvgIpc) is 2.47. The Balaban J connectivity index is 1.93. The number of hydrogen-bond acceptors (Lipinski definition) is 4. The molecule has 78 valence electrons. The van der Waals surface area contributed by atoms with Crippen molar-refractivity contribution in [3.63, 3.8) is 0 Å². The summed E-state index contributed by atoms with van der Waals surface area (Å²) < 4.78 is 5.20. The molecule has 1 aliphatic rings. The van der Waals surface area contributed by atoms with Gasteiger partial charge in [0.2, 0.25) is 0 Å². The fourth-order valence-electron chi connectivity index (χ4n) is 1.72. The maximum Gasteiger partial charge on any atom is 0.150 e. The van der Waals surface area contributed by atoms with Crippen molar-refractivity contribution in [2.75, 3.05) is 19.6 Å². The molecule has 0 saturated carbocycles. The highest BCUT2D eigenvalue weighted by Gasteiger charge is 2.24. The van der Waals surface area contributed by atoms with E-state index < -0.39 is 0 Å². The normalized spacial score (nSPS) is 17.4. The van der Waals surface area contributed by atoms with Crippen LogP contribution in [0.3, 0.4) is 0 Å². The predicted molar refractivity (Wildman–Crippen MR) is 54.0 cm³/mol. The minimum atomic E-state index is 0.672. The molecule has 0 spiro atoms. The van der Waals surface area contributed by atoms with Gasteiger partial charge >= 0.3 is 0 Å². The zero-order chi connectivity index (χ0) is 9.97. The third kappa shape index (κ3) is 1.96. The van der Waals surface area contributed by atoms with Crippen LogP contribution >= 0.6 is 0 Å². The van der Waals surface area contributed by atoms with E-state index in [0.29, 0.717) is 6.04 Å². The SMILES string of the molecule is CCN(Cc1cc(C)no1)C1CNC1. The summed E-state index contributed by atoms with van der Waals surface area (Å²) in [5, 5.41) is 7.17. The molecule has 2 heterocycles. The number of nitrogens with one attached hydrogen (secondary N) is 1. The molecule has 1 aromatic heterocycles. The van der Waals surface area contributed by atoms with Gasteiger partial charge in [0, 0.05) is 25.2 Å². The minimum Gasteiger partial charge on any atom is -0.360 e. The first-order valence-electron chi connectivity index (χ1n) is 5.16. The zero-order valence-electron chi connectivity index (χ0n) is 8.79. The quantitative estimate of drug-likeness (QED) is 0.770. The molecule has 0 atom stereocenters. The highest BCUT2D eigenvalue weighted by molar-refractivity contribution is 5.03. The van der Waals surface area contributed by atoms with Crippen LogP contribution in [0.2, 0.25) is 0 Å². The summed E-state index contributed by atoms with van der Waals surface area (Å²) in [4.78, 5) is 2.41. The van der Waals surface area contributed by atoms with Crippen LogP contribution in [0.15, 0.2) is 10.6 Å². The van der Waals surface area contributed by atoms with Gasteiger partial charge in [-0.15, -0.1) is 0 Å². The Morgan fingerprint density at radius 1 is 1.64 bits per heavy atom. The van der Waals surface area contributed by atoms with Crippen molar-refractivity contribution < 1.29 is 4.52 Å². The van der Waals surface area contributed by atoms with Crippen molar-refractivity contribution in [2.24, 2.45) is 0 Å². The van der Waals surface area contributed by atoms with Crippen LogP contribution in [0.1, 0.15) is 18.4 Å². The first kappa shape index (κ1) is 9.68. The van der Waals surface area contributed by atoms with Gasteiger partial charge in [-0.25, -0.2) is 0 Å². The van der Waals surface area contributed by atoms with Crippen LogP contribution in [-0.4, -0.2) is 35.7 Å². The van der Waals surface area contributed by atoms with Crippen molar-refractivity contribution in [3.05, 3.63) is 17.5 Å². The van der Waals surface area contributed by atoms with Gasteiger partial charge in [-0.2, -0.15) is 0 Å². The summed E-state index contributed by atoms with van der Waals surface area (Å²) in [6.45, 7) is 8.27. The van der Waals surface area contributed by atoms with E-state index in [2.05, 4.69) is 22.3 Å². The lowest BCUT2D eigenvalue weighted by Gasteiger charge is -2.36. The van der Waals surface area contributed by atoms with Crippen LogP contribution in [-0.2, 0) is 6.54 Å². The number of rotatable bonds is 4. The smallest absolute Gasteiger partial charge is 0.150 e. The van der Waals surface area contributed by atoms with Crippen LogP contribution < -0.4 is 5.32 Å². The Kier molecular flexibility index (Phi) is 2.84. The summed E-state index contributed by atoms with van der Waals surface area (Å²) in [5.74, 6) is 0.969. The maximum atomic E-state index is 5.20. The van der Waals surface area contributed by atoms with E-state index in [-0.39, 0.29) is 0 Å². The second-order valence-electron chi connectivity index (χ2n) is 3.81. The molecule has 0 amide bonds. The summed E-state index contributed by atoms with van der Waals surface area (Å²) in [5.41, 5.74) is 0.961. The zero-order valence-corrected chi connectivity index (χ0v) is 8.79. The number of aromatic nitrogens is 1. The van der Waals surface area contributed by atoms with Gasteiger partial charge in [0.15, 0.2) is 5.76 Å². The van der Waals surface area contributed by atoms with E-state index in [1.54, 1.807) is 0 Å². The Morgan fingerprint density at radius 2 is 2.43 bits per heavy atom. The van der Waals surface area contributed by atoms with Crippen molar-refractivity contribution in [3.8, 4) is 0 Å². The highest BCUT2D eigenvalue weighted by Crippen LogP contribution is 2.11. The lowest BCUT2D eigenvalue weighted by atomic mass is 10.1. The van der Waals surface area contributed by atoms with Gasteiger partial charge in [-0.3, -0.25) is 4.90 Å². The van der Waals surface area contributed by atoms with Crippen LogP contribution in [0, 0.1) is 6.92 Å². The largest absolute Gasteiger partial charge is 0.360 e. The maximum absolute atomic E-state index is 5.20. The summed E-state index contributed by atoms with van der Waals surface area (Å²) in [7, 11) is 0. The van der Waals surface area contributed by atoms with Gasteiger partial charge in [-0.1, -0.05) is 12.1 Å². The van der Waals surface area contributed by atoms with E-state index in [4.69, 9.17) is 4.52 Å². The Labute approximate surface area is 84.3 Å². The lowest BCUT2D eigenvalue weighted by Crippen LogP contribution is -2.56. The van der Waals surface area contributed by atoms with E-state index in [0.717, 1.165) is 37.6 Å². The molecule has 0 unspecified atom stereocenters. The molecular weight excluding hydrogens is 178 g/mol. The van der Waals surface area contributed by atoms with E-state index in [9.17, 15) is 0 Å². The molecule has 14 heavy (non-hydrogen) atoms. The first-order chi connectivity index (χ1) is 6.79. The molecule has 4 nitrogen and oxygen atoms in total. The standard InChI is InChI=1S/C10H17N3O/c1-3-13(9-5-11-6-9)7-10-4-8(2)12-14-10/h4,9,11H,3,5-7H2,1-2H3. The van der Waals surface area contributed by atoms with Crippen LogP contribution in [0.25, 0.3) is 0 Å². The molecule has 1 aliphatic heterocycles. The van der Waals surface area contributed by atoms with E-state index in [1.807, 2.05) is 13.0 Å². The van der Waals surface area contributed by atoms with E-state index in [1.165, 1.54) is 0 Å². The monoisotopic (exact) mass is 195 g/mol. The Bertz CT molecular complexity index is 293. The number of aryl methyl sites for hydroxylation is 1. The van der Waals surface area contributed by atoms with Gasteiger partial charge in [-0.05, 0) is 13.5 Å². The summed E-state index contributed by atoms with van der Waals surface area (Å²) >= 11 is 0. The molecular formula is C10H17N3O. The van der Waals surface area contributed by atoms with Crippen LogP contribution in [0.5, 0.6) is 0 Å². The highest BCUT2D eigenvalue weighted by atomic mass is 16.5. The van der Waals surface area contributed by atoms with Crippen molar-refractivity contribution in [2.45, 2.75) is 26.4 Å². The topological polar surface area (TPSA) is 41.3 Å². The molecule has 1 fully saturated rings. The summed E-state index contributed by atoms with van der Waals surface area (Å²) in [6.07, 6.45) is 0. The van der Waals surface area contributed by atoms with Crippen molar-refractivity contribution in [1.29, 1.82) is 0 Å². The molecule has 4 heteroatoms. The van der Waals surface area contributed by atoms with Gasteiger partial charge < -0.3 is 9.84 Å². The molecule has 1 saturated heterocycles. The second-order valence-corrected chi connectivity index (χ2v) is 3.81. The third-order valence-electron chi connectivity index (χ3n) is 2.72. The Morgan fingerprint density at radius 3 is 2.86 bits per heavy atom. The molecule has 1 aromatic rings. The molecule has 0 radical (unpaired) electrons. The average molecular weight is 195 g/mol. The van der Waals surface area contributed by atoms with Gasteiger partial charge in [0.05, 0.1) is 12.2 Å². The number of hydrogen-bond donors (Lipinski definition) is 1. The summed E-state index contributed by atoms with van der Waals surface area (Å²) in [6, 6.07) is 2.68. The number of likely N-dealkylation sites (N-methyl/N-ethyl adjacent to an activating group) is 1. The molecule has 0 aromatic carbocycles. The molecule has 2 rings (SSSR count). The predicted octanol–water partition coefficient (Wildman–Crippen LogP) is 0.777. The van der Waals surface area contributed by atoms with E-state index >= 15 is 0 Å². The molecule has 0 bridgehead atoms. The first-order valence-corrected chi connectivity index (χ1v) is 5.16. The second kappa shape index (κ2) is 4.11. The van der Waals surface area contributed by atoms with Gasteiger partial charge in [0.1, 0.15) is 0 Å². The van der Waals surface area contributed by atoms with Gasteiger partial charge in [0.25, 0.3) is 0 Å². The molecule has 0 aliphatic carbocycles. The number of nitrogens with zero attached hydrogens (tertiary/aromatic N) is 2.